The first kappa shape index (κ1) is 13.2. The van der Waals surface area contributed by atoms with Gasteiger partial charge in [-0.05, 0) is 24.6 Å². The van der Waals surface area contributed by atoms with Crippen LogP contribution in [0.5, 0.6) is 0 Å². The molecule has 0 aliphatic carbocycles. The molecule has 1 heterocycles. The molecular weight excluding hydrogens is 244 g/mol. The Morgan fingerprint density at radius 1 is 1.42 bits per heavy atom. The Labute approximate surface area is 111 Å². The third kappa shape index (κ3) is 2.96. The molecule has 6 heteroatoms. The van der Waals surface area contributed by atoms with Crippen molar-refractivity contribution in [3.8, 4) is 0 Å². The maximum Gasteiger partial charge on any atom is 0.253 e. The number of likely N-dealkylation sites (N-methyl/N-ethyl adjacent to an activating group) is 1. The number of rotatable bonds is 2. The third-order valence-electron chi connectivity index (χ3n) is 3.28. The van der Waals surface area contributed by atoms with Gasteiger partial charge in [-0.15, -0.1) is 0 Å². The zero-order chi connectivity index (χ0) is 14.0. The number of nitrogens with one attached hydrogen (secondary N) is 1. The molecule has 6 nitrogen and oxygen atoms in total. The van der Waals surface area contributed by atoms with E-state index in [1.807, 2.05) is 0 Å². The van der Waals surface area contributed by atoms with Crippen LogP contribution in [-0.2, 0) is 4.79 Å². The van der Waals surface area contributed by atoms with Crippen LogP contribution >= 0.6 is 0 Å². The lowest BCUT2D eigenvalue weighted by Gasteiger charge is -2.30. The highest BCUT2D eigenvalue weighted by Crippen LogP contribution is 2.17. The van der Waals surface area contributed by atoms with Gasteiger partial charge in [0.05, 0.1) is 5.56 Å². The first-order chi connectivity index (χ1) is 8.97. The van der Waals surface area contributed by atoms with Gasteiger partial charge in [-0.2, -0.15) is 0 Å². The number of nitrogens with two attached hydrogens (primary N) is 2. The van der Waals surface area contributed by atoms with Gasteiger partial charge in [-0.1, -0.05) is 0 Å². The first-order valence-corrected chi connectivity index (χ1v) is 6.17. The molecule has 1 saturated heterocycles. The molecule has 0 bridgehead atoms. The third-order valence-corrected chi connectivity index (χ3v) is 3.28. The number of carbonyl (C=O) groups is 2. The van der Waals surface area contributed by atoms with Crippen molar-refractivity contribution < 1.29 is 9.59 Å². The minimum atomic E-state index is -0.231. The highest BCUT2D eigenvalue weighted by molar-refractivity contribution is 5.99. The van der Waals surface area contributed by atoms with Crippen molar-refractivity contribution >= 4 is 23.2 Å². The largest absolute Gasteiger partial charge is 0.399 e. The average molecular weight is 262 g/mol. The number of benzene rings is 1. The molecule has 102 valence electrons. The van der Waals surface area contributed by atoms with Crippen LogP contribution in [0.15, 0.2) is 18.2 Å². The molecule has 1 unspecified atom stereocenters. The number of nitrogen functional groups attached to an aromatic ring is 2. The van der Waals surface area contributed by atoms with Gasteiger partial charge in [0.15, 0.2) is 0 Å². The summed E-state index contributed by atoms with van der Waals surface area (Å²) < 4.78 is 0. The molecule has 1 aromatic rings. The van der Waals surface area contributed by atoms with Crippen LogP contribution in [0.2, 0.25) is 0 Å². The van der Waals surface area contributed by atoms with Crippen LogP contribution in [0.1, 0.15) is 23.2 Å². The van der Waals surface area contributed by atoms with Crippen molar-refractivity contribution in [2.24, 2.45) is 0 Å². The molecule has 0 aromatic heterocycles. The molecule has 1 fully saturated rings. The fourth-order valence-corrected chi connectivity index (χ4v) is 2.18. The van der Waals surface area contributed by atoms with Crippen LogP contribution in [0.3, 0.4) is 0 Å². The maximum atomic E-state index is 12.1. The number of nitrogens with zero attached hydrogens (tertiary/aromatic N) is 1. The van der Waals surface area contributed by atoms with Gasteiger partial charge in [-0.25, -0.2) is 0 Å². The molecule has 1 aromatic carbocycles. The van der Waals surface area contributed by atoms with E-state index in [1.165, 1.54) is 0 Å². The number of hydrogen-bond donors (Lipinski definition) is 3. The van der Waals surface area contributed by atoms with Crippen molar-refractivity contribution in [3.05, 3.63) is 23.8 Å². The molecule has 2 amide bonds. The fraction of sp³-hybridized carbons (Fsp3) is 0.385. The molecule has 0 spiro atoms. The lowest BCUT2D eigenvalue weighted by Crippen LogP contribution is -2.48. The van der Waals surface area contributed by atoms with Gasteiger partial charge in [0.25, 0.3) is 5.91 Å². The number of carbonyl (C=O) groups excluding carboxylic acids is 2. The van der Waals surface area contributed by atoms with Gasteiger partial charge in [0.1, 0.15) is 0 Å². The molecule has 1 aliphatic rings. The minimum absolute atomic E-state index is 0.0350. The van der Waals surface area contributed by atoms with E-state index in [0.29, 0.717) is 36.3 Å². The standard InChI is InChI=1S/C13H18N4O2/c1-17-7-9(3-5-12(17)18)16-13(19)10-4-2-8(14)6-11(10)15/h2,4,6,9H,3,5,7,14-15H2,1H3,(H,16,19). The summed E-state index contributed by atoms with van der Waals surface area (Å²) in [5, 5.41) is 2.89. The van der Waals surface area contributed by atoms with Gasteiger partial charge in [-0.3, -0.25) is 9.59 Å². The second-order valence-corrected chi connectivity index (χ2v) is 4.83. The number of likely N-dealkylation sites (tertiary alicyclic amines) is 1. The Bertz CT molecular complexity index is 515. The van der Waals surface area contributed by atoms with Gasteiger partial charge in [0, 0.05) is 37.4 Å². The smallest absolute Gasteiger partial charge is 0.253 e. The quantitative estimate of drug-likeness (QED) is 0.663. The monoisotopic (exact) mass is 262 g/mol. The molecular formula is C13H18N4O2. The second kappa shape index (κ2) is 5.17. The number of piperidine rings is 1. The Morgan fingerprint density at radius 3 is 2.79 bits per heavy atom. The first-order valence-electron chi connectivity index (χ1n) is 6.17. The highest BCUT2D eigenvalue weighted by Gasteiger charge is 2.24. The van der Waals surface area contributed by atoms with E-state index < -0.39 is 0 Å². The lowest BCUT2D eigenvalue weighted by atomic mass is 10.0. The summed E-state index contributed by atoms with van der Waals surface area (Å²) in [5.41, 5.74) is 12.7. The molecule has 1 aliphatic heterocycles. The van der Waals surface area contributed by atoms with Gasteiger partial charge in [0.2, 0.25) is 5.91 Å². The molecule has 2 rings (SSSR count). The number of hydrogen-bond acceptors (Lipinski definition) is 4. The van der Waals surface area contributed by atoms with E-state index in [4.69, 9.17) is 11.5 Å². The van der Waals surface area contributed by atoms with E-state index in [1.54, 1.807) is 30.1 Å². The topological polar surface area (TPSA) is 101 Å². The molecule has 5 N–H and O–H groups in total. The van der Waals surface area contributed by atoms with Crippen LogP contribution in [-0.4, -0.2) is 36.3 Å². The summed E-state index contributed by atoms with van der Waals surface area (Å²) in [6, 6.07) is 4.78. The molecule has 0 saturated carbocycles. The highest BCUT2D eigenvalue weighted by atomic mass is 16.2. The Kier molecular flexibility index (Phi) is 3.59. The van der Waals surface area contributed by atoms with Crippen molar-refractivity contribution in [2.75, 3.05) is 25.1 Å². The van der Waals surface area contributed by atoms with E-state index in [9.17, 15) is 9.59 Å². The minimum Gasteiger partial charge on any atom is -0.399 e. The van der Waals surface area contributed by atoms with Crippen molar-refractivity contribution in [2.45, 2.75) is 18.9 Å². The van der Waals surface area contributed by atoms with Crippen LogP contribution in [0, 0.1) is 0 Å². The van der Waals surface area contributed by atoms with E-state index in [0.717, 1.165) is 0 Å². The predicted molar refractivity (Wildman–Crippen MR) is 73.4 cm³/mol. The predicted octanol–water partition coefficient (Wildman–Crippen LogP) is 0.202. The van der Waals surface area contributed by atoms with Crippen molar-refractivity contribution in [3.63, 3.8) is 0 Å². The van der Waals surface area contributed by atoms with Crippen LogP contribution in [0.4, 0.5) is 11.4 Å². The van der Waals surface area contributed by atoms with Crippen LogP contribution < -0.4 is 16.8 Å². The Morgan fingerprint density at radius 2 is 2.16 bits per heavy atom. The average Bonchev–Trinajstić information content (AvgIpc) is 2.33. The van der Waals surface area contributed by atoms with Gasteiger partial charge >= 0.3 is 0 Å². The molecule has 19 heavy (non-hydrogen) atoms. The molecule has 0 radical (unpaired) electrons. The van der Waals surface area contributed by atoms with E-state index in [-0.39, 0.29) is 17.9 Å². The SMILES string of the molecule is CN1CC(NC(=O)c2ccc(N)cc2N)CCC1=O. The lowest BCUT2D eigenvalue weighted by molar-refractivity contribution is -0.132. The summed E-state index contributed by atoms with van der Waals surface area (Å²) in [5.74, 6) is -0.122. The Balaban J connectivity index is 2.03. The summed E-state index contributed by atoms with van der Waals surface area (Å²) in [4.78, 5) is 25.1. The van der Waals surface area contributed by atoms with Gasteiger partial charge < -0.3 is 21.7 Å². The fourth-order valence-electron chi connectivity index (χ4n) is 2.18. The summed E-state index contributed by atoms with van der Waals surface area (Å²) >= 11 is 0. The summed E-state index contributed by atoms with van der Waals surface area (Å²) in [7, 11) is 1.73. The van der Waals surface area contributed by atoms with Crippen molar-refractivity contribution in [1.29, 1.82) is 0 Å². The number of anilines is 2. The Hall–Kier alpha value is -2.24. The van der Waals surface area contributed by atoms with Crippen LogP contribution in [0.25, 0.3) is 0 Å². The summed E-state index contributed by atoms with van der Waals surface area (Å²) in [6.45, 7) is 0.527. The zero-order valence-electron chi connectivity index (χ0n) is 10.8. The molecule has 1 atom stereocenters. The van der Waals surface area contributed by atoms with E-state index >= 15 is 0 Å². The maximum absolute atomic E-state index is 12.1. The normalized spacial score (nSPS) is 19.3. The zero-order valence-corrected chi connectivity index (χ0v) is 10.8. The number of amides is 2. The van der Waals surface area contributed by atoms with E-state index in [2.05, 4.69) is 5.32 Å². The second-order valence-electron chi connectivity index (χ2n) is 4.83. The van der Waals surface area contributed by atoms with Crippen molar-refractivity contribution in [1.82, 2.24) is 10.2 Å². The summed E-state index contributed by atoms with van der Waals surface area (Å²) in [6.07, 6.45) is 1.11.